The molecule has 3 aromatic rings. The fourth-order valence-electron chi connectivity index (χ4n) is 3.63. The Labute approximate surface area is 145 Å². The van der Waals surface area contributed by atoms with E-state index in [1.165, 1.54) is 12.1 Å². The van der Waals surface area contributed by atoms with E-state index in [4.69, 9.17) is 0 Å². The summed E-state index contributed by atoms with van der Waals surface area (Å²) in [5.41, 5.74) is 3.10. The van der Waals surface area contributed by atoms with Crippen molar-refractivity contribution in [2.45, 2.75) is 32.2 Å². The highest BCUT2D eigenvalue weighted by Crippen LogP contribution is 2.32. The molecule has 25 heavy (non-hydrogen) atoms. The molecule has 1 atom stereocenters. The van der Waals surface area contributed by atoms with Gasteiger partial charge in [-0.05, 0) is 56.0 Å². The van der Waals surface area contributed by atoms with Crippen LogP contribution in [0, 0.1) is 12.7 Å². The first-order chi connectivity index (χ1) is 12.1. The lowest BCUT2D eigenvalue weighted by molar-refractivity contribution is 0.0605. The Morgan fingerprint density at radius 2 is 2.04 bits per heavy atom. The predicted octanol–water partition coefficient (Wildman–Crippen LogP) is 4.15. The molecule has 1 aliphatic rings. The zero-order chi connectivity index (χ0) is 17.4. The number of nitrogens with zero attached hydrogens (tertiary/aromatic N) is 3. The van der Waals surface area contributed by atoms with E-state index >= 15 is 0 Å². The Bertz CT molecular complexity index is 934. The molecule has 1 saturated heterocycles. The normalized spacial score (nSPS) is 17.8. The Balaban J connectivity index is 1.69. The Morgan fingerprint density at radius 1 is 1.20 bits per heavy atom. The van der Waals surface area contributed by atoms with E-state index in [9.17, 15) is 9.18 Å². The van der Waals surface area contributed by atoms with E-state index in [-0.39, 0.29) is 17.8 Å². The molecule has 0 aliphatic carbocycles. The lowest BCUT2D eigenvalue weighted by atomic mass is 9.95. The van der Waals surface area contributed by atoms with Gasteiger partial charge >= 0.3 is 0 Å². The third-order valence-corrected chi connectivity index (χ3v) is 4.91. The summed E-state index contributed by atoms with van der Waals surface area (Å²) in [6.45, 7) is 2.66. The minimum atomic E-state index is -0.265. The van der Waals surface area contributed by atoms with Crippen molar-refractivity contribution < 1.29 is 9.18 Å². The van der Waals surface area contributed by atoms with Gasteiger partial charge in [0, 0.05) is 18.4 Å². The number of aromatic nitrogens is 2. The maximum Gasteiger partial charge on any atom is 0.274 e. The Hall–Kier alpha value is -2.69. The maximum absolute atomic E-state index is 13.6. The monoisotopic (exact) mass is 337 g/mol. The van der Waals surface area contributed by atoms with Crippen LogP contribution in [0.15, 0.2) is 48.7 Å². The van der Waals surface area contributed by atoms with Crippen LogP contribution < -0.4 is 0 Å². The van der Waals surface area contributed by atoms with E-state index < -0.39 is 0 Å². The number of carbonyl (C=O) groups is 1. The lowest BCUT2D eigenvalue weighted by Gasteiger charge is -2.35. The summed E-state index contributed by atoms with van der Waals surface area (Å²) in [4.78, 5) is 19.4. The van der Waals surface area contributed by atoms with E-state index in [0.29, 0.717) is 12.2 Å². The van der Waals surface area contributed by atoms with Gasteiger partial charge in [0.2, 0.25) is 0 Å². The third-order valence-electron chi connectivity index (χ3n) is 4.91. The number of amides is 1. The number of aryl methyl sites for hydroxylation is 1. The number of rotatable bonds is 2. The zero-order valence-electron chi connectivity index (χ0n) is 14.2. The highest BCUT2D eigenvalue weighted by molar-refractivity contribution is 5.93. The van der Waals surface area contributed by atoms with Crippen molar-refractivity contribution in [3.8, 4) is 0 Å². The van der Waals surface area contributed by atoms with Crippen molar-refractivity contribution in [2.75, 3.05) is 6.54 Å². The quantitative estimate of drug-likeness (QED) is 0.704. The van der Waals surface area contributed by atoms with Gasteiger partial charge in [0.15, 0.2) is 0 Å². The molecule has 2 aromatic heterocycles. The van der Waals surface area contributed by atoms with E-state index in [0.717, 1.165) is 36.2 Å². The van der Waals surface area contributed by atoms with Crippen LogP contribution in [0.3, 0.4) is 0 Å². The van der Waals surface area contributed by atoms with Gasteiger partial charge in [0.25, 0.3) is 5.91 Å². The topological polar surface area (TPSA) is 37.6 Å². The first-order valence-electron chi connectivity index (χ1n) is 8.64. The SMILES string of the molecule is Cc1cccc2nc(C(=O)N3CCCCC3c3cccc(F)c3)cn12. The molecule has 1 unspecified atom stereocenters. The Morgan fingerprint density at radius 3 is 2.84 bits per heavy atom. The van der Waals surface area contributed by atoms with Crippen LogP contribution in [0.5, 0.6) is 0 Å². The van der Waals surface area contributed by atoms with Gasteiger partial charge in [-0.3, -0.25) is 4.79 Å². The first-order valence-corrected chi connectivity index (χ1v) is 8.64. The summed E-state index contributed by atoms with van der Waals surface area (Å²) < 4.78 is 15.6. The molecule has 0 radical (unpaired) electrons. The second kappa shape index (κ2) is 6.31. The smallest absolute Gasteiger partial charge is 0.274 e. The van der Waals surface area contributed by atoms with Gasteiger partial charge < -0.3 is 9.30 Å². The van der Waals surface area contributed by atoms with Gasteiger partial charge in [0.1, 0.15) is 17.2 Å². The summed E-state index contributed by atoms with van der Waals surface area (Å²) in [6.07, 6.45) is 4.64. The van der Waals surface area contributed by atoms with Crippen LogP contribution in [-0.2, 0) is 0 Å². The molecule has 1 fully saturated rings. The van der Waals surface area contributed by atoms with E-state index in [2.05, 4.69) is 4.98 Å². The fraction of sp³-hybridized carbons (Fsp3) is 0.300. The standard InChI is InChI=1S/C20H20FN3O/c1-14-6-4-10-19-22-17(13-24(14)19)20(25)23-11-3-2-9-18(23)15-7-5-8-16(21)12-15/h4-8,10,12-13,18H,2-3,9,11H2,1H3. The van der Waals surface area contributed by atoms with Crippen molar-refractivity contribution in [3.63, 3.8) is 0 Å². The minimum Gasteiger partial charge on any atom is -0.330 e. The number of likely N-dealkylation sites (tertiary alicyclic amines) is 1. The number of pyridine rings is 1. The zero-order valence-corrected chi connectivity index (χ0v) is 14.2. The van der Waals surface area contributed by atoms with E-state index in [1.807, 2.05) is 40.5 Å². The summed E-state index contributed by atoms with van der Waals surface area (Å²) in [5.74, 6) is -0.351. The van der Waals surface area contributed by atoms with Crippen LogP contribution in [0.25, 0.3) is 5.65 Å². The molecule has 0 N–H and O–H groups in total. The molecule has 1 amide bonds. The number of halogens is 1. The van der Waals surface area contributed by atoms with Crippen molar-refractivity contribution >= 4 is 11.6 Å². The van der Waals surface area contributed by atoms with Crippen LogP contribution in [0.4, 0.5) is 4.39 Å². The molecule has 128 valence electrons. The fourth-order valence-corrected chi connectivity index (χ4v) is 3.63. The van der Waals surface area contributed by atoms with Crippen molar-refractivity contribution in [3.05, 3.63) is 71.4 Å². The molecule has 3 heterocycles. The Kier molecular flexibility index (Phi) is 3.99. The molecule has 1 aliphatic heterocycles. The average molecular weight is 337 g/mol. The molecule has 4 nitrogen and oxygen atoms in total. The molecule has 1 aromatic carbocycles. The lowest BCUT2D eigenvalue weighted by Crippen LogP contribution is -2.38. The predicted molar refractivity (Wildman–Crippen MR) is 94.0 cm³/mol. The van der Waals surface area contributed by atoms with Gasteiger partial charge in [-0.15, -0.1) is 0 Å². The average Bonchev–Trinajstić information content (AvgIpc) is 3.07. The molecular formula is C20H20FN3O. The largest absolute Gasteiger partial charge is 0.330 e. The number of hydrogen-bond acceptors (Lipinski definition) is 2. The summed E-state index contributed by atoms with van der Waals surface area (Å²) in [6, 6.07) is 12.3. The molecule has 5 heteroatoms. The minimum absolute atomic E-state index is 0.0861. The molecular weight excluding hydrogens is 317 g/mol. The number of hydrogen-bond donors (Lipinski definition) is 0. The van der Waals surface area contributed by atoms with Crippen LogP contribution >= 0.6 is 0 Å². The third kappa shape index (κ3) is 2.90. The summed E-state index contributed by atoms with van der Waals surface area (Å²) in [7, 11) is 0. The van der Waals surface area contributed by atoms with Gasteiger partial charge in [-0.2, -0.15) is 0 Å². The molecule has 0 spiro atoms. The van der Waals surface area contributed by atoms with Gasteiger partial charge in [-0.25, -0.2) is 9.37 Å². The second-order valence-corrected chi connectivity index (χ2v) is 6.59. The molecule has 0 saturated carbocycles. The summed E-state index contributed by atoms with van der Waals surface area (Å²) >= 11 is 0. The van der Waals surface area contributed by atoms with Crippen molar-refractivity contribution in [1.29, 1.82) is 0 Å². The van der Waals surface area contributed by atoms with E-state index in [1.54, 1.807) is 12.3 Å². The highest BCUT2D eigenvalue weighted by atomic mass is 19.1. The van der Waals surface area contributed by atoms with Crippen LogP contribution in [0.2, 0.25) is 0 Å². The van der Waals surface area contributed by atoms with Crippen molar-refractivity contribution in [1.82, 2.24) is 14.3 Å². The highest BCUT2D eigenvalue weighted by Gasteiger charge is 2.30. The number of carbonyl (C=O) groups excluding carboxylic acids is 1. The first kappa shape index (κ1) is 15.8. The number of fused-ring (bicyclic) bond motifs is 1. The van der Waals surface area contributed by atoms with Gasteiger partial charge in [0.05, 0.1) is 6.04 Å². The van der Waals surface area contributed by atoms with Gasteiger partial charge in [-0.1, -0.05) is 18.2 Å². The van der Waals surface area contributed by atoms with Crippen LogP contribution in [-0.4, -0.2) is 26.7 Å². The number of imidazole rings is 1. The van der Waals surface area contributed by atoms with Crippen molar-refractivity contribution in [2.24, 2.45) is 0 Å². The van der Waals surface area contributed by atoms with Crippen LogP contribution in [0.1, 0.15) is 47.1 Å². The molecule has 4 rings (SSSR count). The number of benzene rings is 1. The molecule has 0 bridgehead atoms. The number of piperidine rings is 1. The summed E-state index contributed by atoms with van der Waals surface area (Å²) in [5, 5.41) is 0. The maximum atomic E-state index is 13.6. The second-order valence-electron chi connectivity index (χ2n) is 6.59.